The van der Waals surface area contributed by atoms with Gasteiger partial charge in [0.05, 0.1) is 25.4 Å². The summed E-state index contributed by atoms with van der Waals surface area (Å²) in [7, 11) is 0. The molecule has 0 aromatic heterocycles. The van der Waals surface area contributed by atoms with Crippen molar-refractivity contribution in [3.63, 3.8) is 0 Å². The zero-order valence-corrected chi connectivity index (χ0v) is 53.8. The largest absolute Gasteiger partial charge is 0.466 e. The van der Waals surface area contributed by atoms with E-state index in [4.69, 9.17) is 4.74 Å². The van der Waals surface area contributed by atoms with Gasteiger partial charge in [0, 0.05) is 12.8 Å². The molecule has 0 rings (SSSR count). The van der Waals surface area contributed by atoms with Crippen molar-refractivity contribution in [2.24, 2.45) is 0 Å². The lowest BCUT2D eigenvalue weighted by Gasteiger charge is -2.20. The van der Waals surface area contributed by atoms with E-state index < -0.39 is 12.1 Å². The second kappa shape index (κ2) is 69.3. The van der Waals surface area contributed by atoms with Crippen molar-refractivity contribution in [3.05, 3.63) is 48.6 Å². The number of amides is 1. The molecule has 2 unspecified atom stereocenters. The van der Waals surface area contributed by atoms with Gasteiger partial charge in [-0.25, -0.2) is 0 Å². The molecule has 3 N–H and O–H groups in total. The minimum atomic E-state index is -0.842. The van der Waals surface area contributed by atoms with Crippen LogP contribution in [0.3, 0.4) is 0 Å². The maximum absolute atomic E-state index is 12.5. The number of ether oxygens (including phenoxy) is 1. The van der Waals surface area contributed by atoms with Crippen molar-refractivity contribution >= 4 is 11.9 Å². The van der Waals surface area contributed by atoms with Gasteiger partial charge in [0.2, 0.25) is 5.91 Å². The standard InChI is InChI=1S/C74H139NO5/c1-3-5-7-9-11-13-15-17-39-43-46-50-54-58-62-66-72(77)71(70-76)75-73(78)67-63-59-55-51-47-44-40-37-35-33-31-29-27-25-23-21-19-18-20-22-24-26-28-30-32-34-36-38-41-45-49-53-57-61-65-69-80-74(79)68-64-60-56-52-48-42-16-14-12-10-8-6-4-2/h8,10,14,16,20,22,62,66,71-72,76-77H,3-7,9,11-13,15,17-19,21,23-61,63-65,67-70H2,1-2H3,(H,75,78)/b10-8-,16-14-,22-20-,66-62+. The fraction of sp³-hybridized carbons (Fsp3) is 0.865. The van der Waals surface area contributed by atoms with Crippen LogP contribution in [-0.4, -0.2) is 47.4 Å². The van der Waals surface area contributed by atoms with Crippen LogP contribution in [0.2, 0.25) is 0 Å². The van der Waals surface area contributed by atoms with Gasteiger partial charge in [-0.3, -0.25) is 9.59 Å². The Kier molecular flexibility index (Phi) is 67.4. The molecule has 0 aromatic carbocycles. The maximum atomic E-state index is 12.5. The Morgan fingerprint density at radius 3 is 1.01 bits per heavy atom. The topological polar surface area (TPSA) is 95.9 Å². The lowest BCUT2D eigenvalue weighted by atomic mass is 10.0. The van der Waals surface area contributed by atoms with E-state index in [9.17, 15) is 19.8 Å². The SMILES string of the molecule is CCC/C=C\C/C=C\CCCCCCCC(=O)OCCCCCCCCCCCCCCCC/C=C\CCCCCCCCCCCCCCCCCCCC(=O)NC(CO)C(O)/C=C/CCCCCCCCCCCCCCC. The molecular weight excluding hydrogens is 983 g/mol. The van der Waals surface area contributed by atoms with E-state index in [0.29, 0.717) is 19.4 Å². The monoisotopic (exact) mass is 1120 g/mol. The van der Waals surface area contributed by atoms with Gasteiger partial charge in [0.1, 0.15) is 0 Å². The van der Waals surface area contributed by atoms with E-state index in [0.717, 1.165) is 51.4 Å². The van der Waals surface area contributed by atoms with Crippen molar-refractivity contribution in [1.29, 1.82) is 0 Å². The molecule has 0 aliphatic heterocycles. The van der Waals surface area contributed by atoms with Gasteiger partial charge in [-0.05, 0) is 83.5 Å². The molecule has 1 amide bonds. The molecule has 2 atom stereocenters. The normalized spacial score (nSPS) is 12.8. The fourth-order valence-electron chi connectivity index (χ4n) is 11.1. The summed E-state index contributed by atoms with van der Waals surface area (Å²) in [6.07, 6.45) is 90.7. The molecule has 80 heavy (non-hydrogen) atoms. The lowest BCUT2D eigenvalue weighted by molar-refractivity contribution is -0.143. The van der Waals surface area contributed by atoms with Gasteiger partial charge in [-0.2, -0.15) is 0 Å². The third kappa shape index (κ3) is 65.0. The molecule has 0 bridgehead atoms. The first-order chi connectivity index (χ1) is 39.5. The predicted octanol–water partition coefficient (Wildman–Crippen LogP) is 23.3. The van der Waals surface area contributed by atoms with Gasteiger partial charge < -0.3 is 20.3 Å². The van der Waals surface area contributed by atoms with Crippen LogP contribution in [0, 0.1) is 0 Å². The van der Waals surface area contributed by atoms with Crippen molar-refractivity contribution in [2.45, 2.75) is 398 Å². The molecule has 0 radical (unpaired) electrons. The number of unbranched alkanes of at least 4 members (excludes halogenated alkanes) is 50. The highest BCUT2D eigenvalue weighted by atomic mass is 16.5. The van der Waals surface area contributed by atoms with Gasteiger partial charge in [-0.1, -0.05) is 339 Å². The second-order valence-electron chi connectivity index (χ2n) is 24.6. The Hall–Kier alpha value is -2.18. The van der Waals surface area contributed by atoms with Crippen LogP contribution in [0.15, 0.2) is 48.6 Å². The molecule has 470 valence electrons. The summed E-state index contributed by atoms with van der Waals surface area (Å²) in [6.45, 7) is 4.86. The highest BCUT2D eigenvalue weighted by molar-refractivity contribution is 5.76. The number of hydrogen-bond acceptors (Lipinski definition) is 5. The van der Waals surface area contributed by atoms with E-state index in [2.05, 4.69) is 55.6 Å². The van der Waals surface area contributed by atoms with Gasteiger partial charge >= 0.3 is 5.97 Å². The van der Waals surface area contributed by atoms with E-state index in [1.807, 2.05) is 6.08 Å². The number of rotatable bonds is 67. The summed E-state index contributed by atoms with van der Waals surface area (Å²) in [4.78, 5) is 24.5. The van der Waals surface area contributed by atoms with Crippen LogP contribution in [0.5, 0.6) is 0 Å². The molecule has 0 aliphatic rings. The Morgan fingerprint density at radius 1 is 0.350 bits per heavy atom. The summed E-state index contributed by atoms with van der Waals surface area (Å²) in [5.74, 6) is -0.0580. The van der Waals surface area contributed by atoms with Crippen LogP contribution >= 0.6 is 0 Å². The number of carbonyl (C=O) groups is 2. The van der Waals surface area contributed by atoms with Crippen molar-refractivity contribution in [2.75, 3.05) is 13.2 Å². The highest BCUT2D eigenvalue weighted by Crippen LogP contribution is 2.18. The summed E-state index contributed by atoms with van der Waals surface area (Å²) >= 11 is 0. The number of carbonyl (C=O) groups excluding carboxylic acids is 2. The minimum Gasteiger partial charge on any atom is -0.466 e. The Balaban J connectivity index is 3.36. The highest BCUT2D eigenvalue weighted by Gasteiger charge is 2.18. The van der Waals surface area contributed by atoms with Crippen molar-refractivity contribution < 1.29 is 24.5 Å². The first-order valence-electron chi connectivity index (χ1n) is 35.9. The number of hydrogen-bond donors (Lipinski definition) is 3. The van der Waals surface area contributed by atoms with Crippen LogP contribution < -0.4 is 5.32 Å². The molecule has 0 saturated carbocycles. The molecule has 6 nitrogen and oxygen atoms in total. The van der Waals surface area contributed by atoms with E-state index >= 15 is 0 Å². The first kappa shape index (κ1) is 77.8. The summed E-state index contributed by atoms with van der Waals surface area (Å²) in [6, 6.07) is -0.625. The number of esters is 1. The molecule has 0 heterocycles. The molecule has 0 fully saturated rings. The van der Waals surface area contributed by atoms with Gasteiger partial charge in [0.15, 0.2) is 0 Å². The number of allylic oxidation sites excluding steroid dienone is 7. The van der Waals surface area contributed by atoms with Crippen molar-refractivity contribution in [3.8, 4) is 0 Å². The fourth-order valence-corrected chi connectivity index (χ4v) is 11.1. The van der Waals surface area contributed by atoms with E-state index in [-0.39, 0.29) is 18.5 Å². The Labute approximate surface area is 499 Å². The quantitative estimate of drug-likeness (QED) is 0.0320. The van der Waals surface area contributed by atoms with Crippen LogP contribution in [0.1, 0.15) is 386 Å². The zero-order chi connectivity index (χ0) is 57.8. The molecule has 0 saturated heterocycles. The number of aliphatic hydroxyl groups is 2. The third-order valence-corrected chi connectivity index (χ3v) is 16.5. The van der Waals surface area contributed by atoms with Crippen LogP contribution in [0.25, 0.3) is 0 Å². The molecule has 0 spiro atoms. The maximum Gasteiger partial charge on any atom is 0.305 e. The second-order valence-corrected chi connectivity index (χ2v) is 24.6. The first-order valence-corrected chi connectivity index (χ1v) is 35.9. The van der Waals surface area contributed by atoms with Crippen LogP contribution in [-0.2, 0) is 14.3 Å². The summed E-state index contributed by atoms with van der Waals surface area (Å²) in [5.41, 5.74) is 0. The molecule has 0 aliphatic carbocycles. The number of nitrogens with one attached hydrogen (secondary N) is 1. The number of aliphatic hydroxyl groups excluding tert-OH is 2. The van der Waals surface area contributed by atoms with Gasteiger partial charge in [0.25, 0.3) is 0 Å². The van der Waals surface area contributed by atoms with E-state index in [1.54, 1.807) is 6.08 Å². The molecular formula is C74H139NO5. The third-order valence-electron chi connectivity index (χ3n) is 16.5. The molecule has 6 heteroatoms. The van der Waals surface area contributed by atoms with Crippen molar-refractivity contribution in [1.82, 2.24) is 5.32 Å². The van der Waals surface area contributed by atoms with Gasteiger partial charge in [-0.15, -0.1) is 0 Å². The summed E-state index contributed by atoms with van der Waals surface area (Å²) in [5, 5.41) is 23.2. The predicted molar refractivity (Wildman–Crippen MR) is 352 cm³/mol. The lowest BCUT2D eigenvalue weighted by Crippen LogP contribution is -2.45. The smallest absolute Gasteiger partial charge is 0.305 e. The average Bonchev–Trinajstić information content (AvgIpc) is 3.46. The Bertz CT molecular complexity index is 1340. The minimum absolute atomic E-state index is 0.00455. The van der Waals surface area contributed by atoms with Crippen LogP contribution in [0.4, 0.5) is 0 Å². The Morgan fingerprint density at radius 2 is 0.650 bits per heavy atom. The molecule has 0 aromatic rings. The van der Waals surface area contributed by atoms with E-state index in [1.165, 1.54) is 308 Å². The zero-order valence-electron chi connectivity index (χ0n) is 53.8. The summed E-state index contributed by atoms with van der Waals surface area (Å²) < 4.78 is 5.48. The average molecular weight is 1120 g/mol.